The third-order valence-corrected chi connectivity index (χ3v) is 3.92. The minimum Gasteiger partial charge on any atom is -0.387 e. The molecule has 0 amide bonds. The summed E-state index contributed by atoms with van der Waals surface area (Å²) in [6, 6.07) is 4.50. The minimum absolute atomic E-state index is 0.204. The number of nitrogens with one attached hydrogen (secondary N) is 2. The highest BCUT2D eigenvalue weighted by Crippen LogP contribution is 2.25. The standard InChI is InChI=1S/C12H11F2N3O2S/c1-15-10-5-6-16-7-11(10)20(18,19)17-12-8(13)3-2-4-9(12)14/h2-7,17H,1H3,(H,15,16). The largest absolute Gasteiger partial charge is 0.387 e. The number of pyridine rings is 1. The molecular weight excluding hydrogens is 288 g/mol. The lowest BCUT2D eigenvalue weighted by molar-refractivity contribution is 0.583. The summed E-state index contributed by atoms with van der Waals surface area (Å²) in [6.45, 7) is 0. The van der Waals surface area contributed by atoms with Crippen molar-refractivity contribution in [3.05, 3.63) is 48.3 Å². The zero-order valence-electron chi connectivity index (χ0n) is 10.4. The van der Waals surface area contributed by atoms with E-state index < -0.39 is 27.3 Å². The summed E-state index contributed by atoms with van der Waals surface area (Å²) in [5.41, 5.74) is -0.456. The Kier molecular flexibility index (Phi) is 3.84. The average molecular weight is 299 g/mol. The normalized spacial score (nSPS) is 11.2. The van der Waals surface area contributed by atoms with Gasteiger partial charge in [-0.1, -0.05) is 6.07 Å². The van der Waals surface area contributed by atoms with E-state index in [0.717, 1.165) is 24.4 Å². The number of aromatic nitrogens is 1. The van der Waals surface area contributed by atoms with Crippen molar-refractivity contribution in [2.75, 3.05) is 17.1 Å². The van der Waals surface area contributed by atoms with E-state index >= 15 is 0 Å². The van der Waals surface area contributed by atoms with Gasteiger partial charge < -0.3 is 5.32 Å². The van der Waals surface area contributed by atoms with Gasteiger partial charge in [0, 0.05) is 19.4 Å². The van der Waals surface area contributed by atoms with E-state index in [1.807, 2.05) is 4.72 Å². The van der Waals surface area contributed by atoms with Crippen LogP contribution in [-0.2, 0) is 10.0 Å². The number of halogens is 2. The molecule has 0 saturated carbocycles. The number of anilines is 2. The van der Waals surface area contributed by atoms with E-state index in [9.17, 15) is 17.2 Å². The number of para-hydroxylation sites is 1. The molecular formula is C12H11F2N3O2S. The quantitative estimate of drug-likeness (QED) is 0.908. The molecule has 20 heavy (non-hydrogen) atoms. The van der Waals surface area contributed by atoms with E-state index in [0.29, 0.717) is 0 Å². The Morgan fingerprint density at radius 3 is 2.40 bits per heavy atom. The van der Waals surface area contributed by atoms with Crippen molar-refractivity contribution in [3.63, 3.8) is 0 Å². The summed E-state index contributed by atoms with van der Waals surface area (Å²) in [4.78, 5) is 3.50. The lowest BCUT2D eigenvalue weighted by atomic mass is 10.3. The first-order valence-electron chi connectivity index (χ1n) is 5.54. The number of sulfonamides is 1. The van der Waals surface area contributed by atoms with E-state index in [-0.39, 0.29) is 10.6 Å². The molecule has 5 nitrogen and oxygen atoms in total. The first-order chi connectivity index (χ1) is 9.45. The highest BCUT2D eigenvalue weighted by molar-refractivity contribution is 7.92. The topological polar surface area (TPSA) is 71.1 Å². The van der Waals surface area contributed by atoms with Crippen LogP contribution in [0.25, 0.3) is 0 Å². The Bertz CT molecular complexity index is 715. The maximum atomic E-state index is 13.5. The van der Waals surface area contributed by atoms with Crippen LogP contribution in [0.4, 0.5) is 20.2 Å². The van der Waals surface area contributed by atoms with Gasteiger partial charge in [-0.3, -0.25) is 9.71 Å². The van der Waals surface area contributed by atoms with Gasteiger partial charge in [0.2, 0.25) is 0 Å². The molecule has 0 atom stereocenters. The molecule has 0 aliphatic heterocycles. The van der Waals surface area contributed by atoms with Gasteiger partial charge in [-0.2, -0.15) is 0 Å². The molecule has 8 heteroatoms. The maximum absolute atomic E-state index is 13.5. The number of rotatable bonds is 4. The molecule has 2 aromatic rings. The van der Waals surface area contributed by atoms with Gasteiger partial charge in [0.25, 0.3) is 10.0 Å². The highest BCUT2D eigenvalue weighted by Gasteiger charge is 2.21. The third kappa shape index (κ3) is 2.69. The van der Waals surface area contributed by atoms with Crippen molar-refractivity contribution >= 4 is 21.4 Å². The molecule has 106 valence electrons. The van der Waals surface area contributed by atoms with Gasteiger partial charge in [-0.05, 0) is 18.2 Å². The van der Waals surface area contributed by atoms with Crippen LogP contribution >= 0.6 is 0 Å². The molecule has 0 aliphatic rings. The summed E-state index contributed by atoms with van der Waals surface area (Å²) >= 11 is 0. The molecule has 1 heterocycles. The zero-order valence-corrected chi connectivity index (χ0v) is 11.2. The number of hydrogen-bond acceptors (Lipinski definition) is 4. The molecule has 0 saturated heterocycles. The second kappa shape index (κ2) is 5.41. The fourth-order valence-electron chi connectivity index (χ4n) is 1.59. The predicted molar refractivity (Wildman–Crippen MR) is 71.0 cm³/mol. The van der Waals surface area contributed by atoms with Crippen LogP contribution < -0.4 is 10.0 Å². The Morgan fingerprint density at radius 1 is 1.15 bits per heavy atom. The Balaban J connectivity index is 2.47. The highest BCUT2D eigenvalue weighted by atomic mass is 32.2. The second-order valence-electron chi connectivity index (χ2n) is 3.82. The van der Waals surface area contributed by atoms with E-state index in [4.69, 9.17) is 0 Å². The number of nitrogens with zero attached hydrogens (tertiary/aromatic N) is 1. The van der Waals surface area contributed by atoms with Gasteiger partial charge in [0.1, 0.15) is 22.2 Å². The van der Waals surface area contributed by atoms with E-state index in [1.165, 1.54) is 19.3 Å². The van der Waals surface area contributed by atoms with Crippen molar-refractivity contribution in [3.8, 4) is 0 Å². The van der Waals surface area contributed by atoms with Crippen LogP contribution in [0.15, 0.2) is 41.6 Å². The number of benzene rings is 1. The van der Waals surface area contributed by atoms with Crippen LogP contribution in [0, 0.1) is 11.6 Å². The summed E-state index contributed by atoms with van der Waals surface area (Å²) in [5, 5.41) is 2.67. The van der Waals surface area contributed by atoms with E-state index in [1.54, 1.807) is 0 Å². The van der Waals surface area contributed by atoms with Gasteiger partial charge in [0.05, 0.1) is 5.69 Å². The van der Waals surface area contributed by atoms with Crippen LogP contribution in [0.1, 0.15) is 0 Å². The Hall–Kier alpha value is -2.22. The fraction of sp³-hybridized carbons (Fsp3) is 0.0833. The lowest BCUT2D eigenvalue weighted by Gasteiger charge is -2.12. The third-order valence-electron chi connectivity index (χ3n) is 2.54. The molecule has 0 unspecified atom stereocenters. The smallest absolute Gasteiger partial charge is 0.265 e. The molecule has 2 rings (SSSR count). The molecule has 0 aliphatic carbocycles. The molecule has 0 radical (unpaired) electrons. The monoisotopic (exact) mass is 299 g/mol. The van der Waals surface area contributed by atoms with Crippen molar-refractivity contribution in [1.29, 1.82) is 0 Å². The minimum atomic E-state index is -4.16. The van der Waals surface area contributed by atoms with Crippen LogP contribution in [-0.4, -0.2) is 20.4 Å². The molecule has 1 aromatic heterocycles. The van der Waals surface area contributed by atoms with Crippen LogP contribution in [0.3, 0.4) is 0 Å². The average Bonchev–Trinajstić information content (AvgIpc) is 2.43. The second-order valence-corrected chi connectivity index (χ2v) is 5.47. The van der Waals surface area contributed by atoms with Gasteiger partial charge >= 0.3 is 0 Å². The van der Waals surface area contributed by atoms with Crippen molar-refractivity contribution in [2.45, 2.75) is 4.90 Å². The fourth-order valence-corrected chi connectivity index (χ4v) is 2.82. The first kappa shape index (κ1) is 14.2. The van der Waals surface area contributed by atoms with E-state index in [2.05, 4.69) is 10.3 Å². The van der Waals surface area contributed by atoms with Gasteiger partial charge in [-0.25, -0.2) is 17.2 Å². The lowest BCUT2D eigenvalue weighted by Crippen LogP contribution is -2.17. The first-order valence-corrected chi connectivity index (χ1v) is 7.02. The van der Waals surface area contributed by atoms with Gasteiger partial charge in [0.15, 0.2) is 0 Å². The zero-order chi connectivity index (χ0) is 14.8. The van der Waals surface area contributed by atoms with Crippen molar-refractivity contribution in [2.24, 2.45) is 0 Å². The number of hydrogen-bond donors (Lipinski definition) is 2. The summed E-state index contributed by atoms with van der Waals surface area (Å²) in [7, 11) is -2.63. The molecule has 1 aromatic carbocycles. The molecule has 2 N–H and O–H groups in total. The molecule has 0 bridgehead atoms. The Labute approximate surface area is 114 Å². The summed E-state index contributed by atoms with van der Waals surface area (Å²) in [6.07, 6.45) is 2.49. The molecule has 0 fully saturated rings. The maximum Gasteiger partial charge on any atom is 0.265 e. The SMILES string of the molecule is CNc1ccncc1S(=O)(=O)Nc1c(F)cccc1F. The Morgan fingerprint density at radius 2 is 1.80 bits per heavy atom. The van der Waals surface area contributed by atoms with Crippen LogP contribution in [0.2, 0.25) is 0 Å². The van der Waals surface area contributed by atoms with Crippen molar-refractivity contribution < 1.29 is 17.2 Å². The van der Waals surface area contributed by atoms with Gasteiger partial charge in [-0.15, -0.1) is 0 Å². The van der Waals surface area contributed by atoms with Crippen LogP contribution in [0.5, 0.6) is 0 Å². The predicted octanol–water partition coefficient (Wildman–Crippen LogP) is 2.20. The molecule has 0 spiro atoms. The summed E-state index contributed by atoms with van der Waals surface area (Å²) < 4.78 is 53.2. The summed E-state index contributed by atoms with van der Waals surface area (Å²) in [5.74, 6) is -1.99. The van der Waals surface area contributed by atoms with Crippen molar-refractivity contribution in [1.82, 2.24) is 4.98 Å².